The van der Waals surface area contributed by atoms with Gasteiger partial charge in [-0.3, -0.25) is 4.79 Å². The Bertz CT molecular complexity index is 839. The lowest BCUT2D eigenvalue weighted by Crippen LogP contribution is -2.44. The highest BCUT2D eigenvalue weighted by Gasteiger charge is 2.62. The van der Waals surface area contributed by atoms with E-state index in [2.05, 4.69) is 6.07 Å². The van der Waals surface area contributed by atoms with Gasteiger partial charge in [0, 0.05) is 18.7 Å². The Morgan fingerprint density at radius 3 is 2.42 bits per heavy atom. The molecule has 0 spiro atoms. The minimum Gasteiger partial charge on any atom is -0.311 e. The van der Waals surface area contributed by atoms with Gasteiger partial charge < -0.3 is 4.90 Å². The van der Waals surface area contributed by atoms with E-state index in [0.717, 1.165) is 17.7 Å². The topological polar surface area (TPSA) is 20.3 Å². The molecule has 2 aromatic carbocycles. The van der Waals surface area contributed by atoms with Crippen LogP contribution in [0, 0.1) is 5.92 Å². The number of carbonyl (C=O) groups is 1. The number of alkyl halides is 4. The molecule has 2 atom stereocenters. The lowest BCUT2D eigenvalue weighted by atomic mass is 9.73. The number of fused-ring (bicyclic) bond motifs is 3. The SMILES string of the molecule is O=C1N(c2ccccc2)C[C@H]2Cc3ccccc3[C@]12CC(Cl)(Cl)C(Cl)Cl. The summed E-state index contributed by atoms with van der Waals surface area (Å²) in [7, 11) is 0. The van der Waals surface area contributed by atoms with Crippen molar-refractivity contribution < 1.29 is 4.79 Å². The van der Waals surface area contributed by atoms with E-state index in [4.69, 9.17) is 46.4 Å². The summed E-state index contributed by atoms with van der Waals surface area (Å²) in [5.74, 6) is 0.0925. The molecule has 0 unspecified atom stereocenters. The van der Waals surface area contributed by atoms with Crippen molar-refractivity contribution in [3.63, 3.8) is 0 Å². The van der Waals surface area contributed by atoms with E-state index in [1.54, 1.807) is 0 Å². The van der Waals surface area contributed by atoms with E-state index in [-0.39, 0.29) is 18.2 Å². The number of carbonyl (C=O) groups excluding carboxylic acids is 1. The number of benzene rings is 2. The molecule has 1 aliphatic heterocycles. The number of anilines is 1. The van der Waals surface area contributed by atoms with Crippen LogP contribution in [0.3, 0.4) is 0 Å². The summed E-state index contributed by atoms with van der Waals surface area (Å²) in [6.07, 6.45) is 0.995. The van der Waals surface area contributed by atoms with Gasteiger partial charge >= 0.3 is 0 Å². The predicted octanol–water partition coefficient (Wildman–Crippen LogP) is 5.51. The number of halogens is 4. The van der Waals surface area contributed by atoms with Crippen LogP contribution in [-0.2, 0) is 16.6 Å². The molecule has 136 valence electrons. The van der Waals surface area contributed by atoms with E-state index in [9.17, 15) is 4.79 Å². The molecule has 1 amide bonds. The molecule has 4 rings (SSSR count). The van der Waals surface area contributed by atoms with Gasteiger partial charge in [-0.25, -0.2) is 0 Å². The Morgan fingerprint density at radius 1 is 1.08 bits per heavy atom. The van der Waals surface area contributed by atoms with Crippen molar-refractivity contribution in [2.45, 2.75) is 27.4 Å². The van der Waals surface area contributed by atoms with Gasteiger partial charge in [-0.15, -0.1) is 23.2 Å². The molecule has 1 heterocycles. The second-order valence-electron chi connectivity index (χ2n) is 7.02. The maximum atomic E-state index is 13.7. The Balaban J connectivity index is 1.83. The van der Waals surface area contributed by atoms with E-state index < -0.39 is 14.6 Å². The largest absolute Gasteiger partial charge is 0.311 e. The molecular formula is C20H17Cl4NO. The van der Waals surface area contributed by atoms with Crippen molar-refractivity contribution in [3.05, 3.63) is 65.7 Å². The normalized spacial score (nSPS) is 24.9. The summed E-state index contributed by atoms with van der Waals surface area (Å²) in [6.45, 7) is 0.622. The van der Waals surface area contributed by atoms with Gasteiger partial charge in [0.1, 0.15) is 9.17 Å². The Labute approximate surface area is 173 Å². The van der Waals surface area contributed by atoms with Gasteiger partial charge in [-0.2, -0.15) is 0 Å². The fourth-order valence-electron chi connectivity index (χ4n) is 4.44. The molecule has 1 fully saturated rings. The molecule has 0 N–H and O–H groups in total. The lowest BCUT2D eigenvalue weighted by Gasteiger charge is -2.34. The molecule has 0 saturated carbocycles. The Kier molecular flexibility index (Phi) is 4.68. The molecule has 1 saturated heterocycles. The van der Waals surface area contributed by atoms with Crippen molar-refractivity contribution in [2.24, 2.45) is 5.92 Å². The van der Waals surface area contributed by atoms with Crippen LogP contribution >= 0.6 is 46.4 Å². The van der Waals surface area contributed by atoms with Crippen LogP contribution in [0.2, 0.25) is 0 Å². The maximum absolute atomic E-state index is 13.7. The molecule has 2 nitrogen and oxygen atoms in total. The molecule has 2 aromatic rings. The predicted molar refractivity (Wildman–Crippen MR) is 109 cm³/mol. The number of rotatable bonds is 4. The van der Waals surface area contributed by atoms with Crippen LogP contribution in [-0.4, -0.2) is 21.6 Å². The van der Waals surface area contributed by atoms with Crippen LogP contribution in [0.1, 0.15) is 17.5 Å². The van der Waals surface area contributed by atoms with E-state index >= 15 is 0 Å². The zero-order chi connectivity index (χ0) is 18.5. The fourth-order valence-corrected chi connectivity index (χ4v) is 5.02. The summed E-state index contributed by atoms with van der Waals surface area (Å²) in [5, 5.41) is 0. The van der Waals surface area contributed by atoms with Gasteiger partial charge in [-0.05, 0) is 35.6 Å². The highest BCUT2D eigenvalue weighted by molar-refractivity contribution is 6.59. The summed E-state index contributed by atoms with van der Waals surface area (Å²) in [4.78, 5) is 14.5. The van der Waals surface area contributed by atoms with Crippen molar-refractivity contribution in [1.29, 1.82) is 0 Å². The van der Waals surface area contributed by atoms with Crippen LogP contribution in [0.15, 0.2) is 54.6 Å². The molecule has 6 heteroatoms. The first kappa shape index (κ1) is 18.4. The minimum atomic E-state index is -1.42. The van der Waals surface area contributed by atoms with Gasteiger partial charge in [0.05, 0.1) is 5.41 Å². The first-order chi connectivity index (χ1) is 12.4. The molecule has 0 radical (unpaired) electrons. The van der Waals surface area contributed by atoms with Gasteiger partial charge in [0.15, 0.2) is 0 Å². The molecule has 0 aromatic heterocycles. The molecule has 26 heavy (non-hydrogen) atoms. The van der Waals surface area contributed by atoms with E-state index in [1.165, 1.54) is 5.56 Å². The van der Waals surface area contributed by atoms with Crippen molar-refractivity contribution in [1.82, 2.24) is 0 Å². The summed E-state index contributed by atoms with van der Waals surface area (Å²) >= 11 is 25.0. The molecule has 0 bridgehead atoms. The lowest BCUT2D eigenvalue weighted by molar-refractivity contribution is -0.122. The second kappa shape index (κ2) is 6.60. The first-order valence-electron chi connectivity index (χ1n) is 8.47. The third-order valence-electron chi connectivity index (χ3n) is 5.59. The Morgan fingerprint density at radius 2 is 1.73 bits per heavy atom. The number of hydrogen-bond donors (Lipinski definition) is 0. The van der Waals surface area contributed by atoms with Crippen LogP contribution in [0.25, 0.3) is 0 Å². The average Bonchev–Trinajstić information content (AvgIpc) is 3.07. The molecular weight excluding hydrogens is 412 g/mol. The van der Waals surface area contributed by atoms with Crippen LogP contribution < -0.4 is 4.90 Å². The van der Waals surface area contributed by atoms with Crippen molar-refractivity contribution in [3.8, 4) is 0 Å². The molecule has 2 aliphatic rings. The second-order valence-corrected chi connectivity index (χ2v) is 9.66. The maximum Gasteiger partial charge on any atom is 0.238 e. The monoisotopic (exact) mass is 427 g/mol. The van der Waals surface area contributed by atoms with Gasteiger partial charge in [0.25, 0.3) is 0 Å². The van der Waals surface area contributed by atoms with Crippen LogP contribution in [0.4, 0.5) is 5.69 Å². The van der Waals surface area contributed by atoms with Crippen molar-refractivity contribution >= 4 is 58.0 Å². The third-order valence-corrected chi connectivity index (χ3v) is 7.49. The zero-order valence-corrected chi connectivity index (χ0v) is 16.9. The van der Waals surface area contributed by atoms with E-state index in [1.807, 2.05) is 53.4 Å². The van der Waals surface area contributed by atoms with Crippen molar-refractivity contribution in [2.75, 3.05) is 11.4 Å². The molecule has 1 aliphatic carbocycles. The minimum absolute atomic E-state index is 0.0123. The quantitative estimate of drug-likeness (QED) is 0.587. The Hall–Kier alpha value is -0.930. The summed E-state index contributed by atoms with van der Waals surface area (Å²) in [6, 6.07) is 17.7. The highest BCUT2D eigenvalue weighted by atomic mass is 35.5. The van der Waals surface area contributed by atoms with Gasteiger partial charge in [0.2, 0.25) is 5.91 Å². The highest BCUT2D eigenvalue weighted by Crippen LogP contribution is 2.56. The fraction of sp³-hybridized carbons (Fsp3) is 0.350. The number of nitrogens with zero attached hydrogens (tertiary/aromatic N) is 1. The number of para-hydroxylation sites is 1. The summed E-state index contributed by atoms with van der Waals surface area (Å²) < 4.78 is -1.42. The summed E-state index contributed by atoms with van der Waals surface area (Å²) in [5.41, 5.74) is 2.24. The van der Waals surface area contributed by atoms with E-state index in [0.29, 0.717) is 6.54 Å². The number of hydrogen-bond acceptors (Lipinski definition) is 1. The van der Waals surface area contributed by atoms with Crippen LogP contribution in [0.5, 0.6) is 0 Å². The standard InChI is InChI=1S/C20H17Cl4NO/c21-17(22)20(23,24)12-19-14(10-13-6-4-5-9-16(13)19)11-25(18(19)26)15-7-2-1-3-8-15/h1-9,14,17H,10-12H2/t14-,19-/m1/s1. The van der Waals surface area contributed by atoms with Gasteiger partial charge in [-0.1, -0.05) is 65.7 Å². The third kappa shape index (κ3) is 2.74. The first-order valence-corrected chi connectivity index (χ1v) is 10.1. The zero-order valence-electron chi connectivity index (χ0n) is 13.8. The smallest absolute Gasteiger partial charge is 0.238 e. The number of amides is 1. The average molecular weight is 429 g/mol.